The number of halogens is 1. The summed E-state index contributed by atoms with van der Waals surface area (Å²) in [7, 11) is 2.94. The summed E-state index contributed by atoms with van der Waals surface area (Å²) in [6.07, 6.45) is 13.4. The van der Waals surface area contributed by atoms with Crippen LogP contribution in [0.3, 0.4) is 0 Å². The number of esters is 2. The van der Waals surface area contributed by atoms with Gasteiger partial charge in [-0.25, -0.2) is 18.8 Å². The third-order valence-electron chi connectivity index (χ3n) is 22.8. The molecule has 6 heterocycles. The molecule has 10 aliphatic rings. The molecule has 23 nitrogen and oxygen atoms in total. The van der Waals surface area contributed by atoms with E-state index in [1.165, 1.54) is 24.4 Å². The van der Waals surface area contributed by atoms with Gasteiger partial charge in [0, 0.05) is 86.0 Å². The number of carbonyl (C=O) groups excluding carboxylic acids is 5. The molecule has 4 unspecified atom stereocenters. The third-order valence-corrected chi connectivity index (χ3v) is 22.8. The number of ether oxygens (including phenoxy) is 7. The minimum Gasteiger partial charge on any atom is -0.492 e. The molecule has 11 atom stereocenters. The number of piperazine rings is 1. The van der Waals surface area contributed by atoms with Crippen LogP contribution < -0.4 is 30.1 Å². The molecular weight excluding hydrogens is 1200 g/mol. The molecule has 93 heavy (non-hydrogen) atoms. The smallest absolute Gasteiger partial charge is 0.413 e. The van der Waals surface area contributed by atoms with Crippen molar-refractivity contribution >= 4 is 62.8 Å². The zero-order valence-electron chi connectivity index (χ0n) is 53.6. The first-order chi connectivity index (χ1) is 44.5. The number of allylic oxidation sites excluding steroid dienone is 5. The van der Waals surface area contributed by atoms with E-state index in [0.29, 0.717) is 79.3 Å². The molecule has 496 valence electrons. The number of nitrogens with zero attached hydrogens (tertiary/aromatic N) is 6. The first kappa shape index (κ1) is 62.6. The quantitative estimate of drug-likeness (QED) is 0.0791. The van der Waals surface area contributed by atoms with Gasteiger partial charge in [-0.2, -0.15) is 0 Å². The van der Waals surface area contributed by atoms with Gasteiger partial charge < -0.3 is 72.3 Å². The second-order valence-electron chi connectivity index (χ2n) is 28.1. The average Bonchev–Trinajstić information content (AvgIpc) is 1.61. The maximum atomic E-state index is 16.8. The Labute approximate surface area is 536 Å². The lowest BCUT2D eigenvalue weighted by atomic mass is 9.46. The number of amides is 1. The summed E-state index contributed by atoms with van der Waals surface area (Å²) < 4.78 is 60.1. The van der Waals surface area contributed by atoms with Gasteiger partial charge in [-0.1, -0.05) is 25.5 Å². The topological polar surface area (TPSA) is 268 Å². The zero-order chi connectivity index (χ0) is 65.5. The number of aliphatic hydroxyl groups is 3. The molecule has 0 radical (unpaired) electrons. The third kappa shape index (κ3) is 10.3. The Bertz CT molecular complexity index is 4060. The number of aromatic nitrogens is 2. The van der Waals surface area contributed by atoms with Crippen molar-refractivity contribution in [2.75, 3.05) is 83.2 Å². The van der Waals surface area contributed by atoms with E-state index in [2.05, 4.69) is 9.80 Å². The van der Waals surface area contributed by atoms with Crippen LogP contribution in [0, 0.1) is 47.2 Å². The number of aryl methyl sites for hydroxylation is 1. The summed E-state index contributed by atoms with van der Waals surface area (Å²) in [6.45, 7) is 9.43. The fourth-order valence-electron chi connectivity index (χ4n) is 18.0. The predicted octanol–water partition coefficient (Wildman–Crippen LogP) is 7.10. The van der Waals surface area contributed by atoms with Crippen molar-refractivity contribution in [3.63, 3.8) is 0 Å². The monoisotopic (exact) mass is 1280 g/mol. The van der Waals surface area contributed by atoms with Gasteiger partial charge in [0.05, 0.1) is 54.4 Å². The number of ketones is 2. The molecule has 5 saturated carbocycles. The van der Waals surface area contributed by atoms with E-state index < -0.39 is 94.5 Å². The van der Waals surface area contributed by atoms with Crippen LogP contribution >= 0.6 is 0 Å². The number of aliphatic hydroxyl groups excluding tert-OH is 2. The number of piperidine rings is 1. The first-order valence-corrected chi connectivity index (χ1v) is 32.8. The van der Waals surface area contributed by atoms with Gasteiger partial charge in [0.15, 0.2) is 35.5 Å². The molecule has 8 fully saturated rings. The highest BCUT2D eigenvalue weighted by atomic mass is 19.1. The Hall–Kier alpha value is -7.80. The lowest BCUT2D eigenvalue weighted by Crippen LogP contribution is -2.61. The fraction of sp³-hybridized carbons (Fsp3) is 0.580. The summed E-state index contributed by atoms with van der Waals surface area (Å²) in [5, 5.41) is 34.3. The number of likely N-dealkylation sites (tertiary alicyclic amines) is 1. The number of rotatable bonds is 15. The summed E-state index contributed by atoms with van der Waals surface area (Å²) in [4.78, 5) is 105. The number of Topliss-reactive ketones (excluding diaryl/α,β-unsaturated/α-hetero) is 1. The number of pyridine rings is 2. The lowest BCUT2D eigenvalue weighted by molar-refractivity contribution is -0.194. The Morgan fingerprint density at radius 3 is 2.09 bits per heavy atom. The van der Waals surface area contributed by atoms with E-state index in [9.17, 15) is 48.9 Å². The number of anilines is 2. The van der Waals surface area contributed by atoms with Crippen molar-refractivity contribution in [3.05, 3.63) is 103 Å². The summed E-state index contributed by atoms with van der Waals surface area (Å²) in [5.41, 5.74) is -2.09. The van der Waals surface area contributed by atoms with E-state index >= 15 is 4.39 Å². The van der Waals surface area contributed by atoms with Gasteiger partial charge in [0.25, 0.3) is 0 Å². The van der Waals surface area contributed by atoms with E-state index in [4.69, 9.17) is 33.2 Å². The van der Waals surface area contributed by atoms with Gasteiger partial charge in [-0.15, -0.1) is 0 Å². The maximum absolute atomic E-state index is 16.8. The van der Waals surface area contributed by atoms with Gasteiger partial charge in [0.1, 0.15) is 28.2 Å². The predicted molar refractivity (Wildman–Crippen MR) is 335 cm³/mol. The van der Waals surface area contributed by atoms with Crippen LogP contribution in [-0.2, 0) is 33.3 Å². The summed E-state index contributed by atoms with van der Waals surface area (Å²) in [6, 6.07) is 2.27. The summed E-state index contributed by atoms with van der Waals surface area (Å²) >= 11 is 0. The molecule has 3 N–H and O–H groups in total. The number of fused-ring (bicyclic) bond motifs is 8. The Morgan fingerprint density at radius 1 is 0.774 bits per heavy atom. The van der Waals surface area contributed by atoms with E-state index in [1.54, 1.807) is 48.6 Å². The van der Waals surface area contributed by atoms with E-state index in [-0.39, 0.29) is 102 Å². The number of benzene rings is 2. The van der Waals surface area contributed by atoms with Gasteiger partial charge in [0.2, 0.25) is 23.4 Å². The molecule has 4 aliphatic heterocycles. The molecule has 3 saturated heterocycles. The zero-order valence-corrected chi connectivity index (χ0v) is 53.6. The number of hydrogen-bond donors (Lipinski definition) is 3. The second-order valence-corrected chi connectivity index (χ2v) is 28.1. The SMILES string of the molecule is COc1c(N2CC3CCCN(CC4=C(C)OC(O)O4)C3C2)c(C)cc2c(=O)c(C(=O)OCOC(=O)N3CCN(c4c(F)cc5c(=O)c(C(=O)OCC(=O)[C@@]6(O)CC[C@H]7[C@@H]8CCC9=CC(=O)C=C[C@]9(C)[C@H]8[C@@H](O)C[C@@]76C)cn(C6CC6)c5c4OC)CC3C)cn(C3CC3)c12. The van der Waals surface area contributed by atoms with Crippen molar-refractivity contribution < 1.29 is 76.8 Å². The molecule has 14 rings (SSSR count). The van der Waals surface area contributed by atoms with E-state index in [0.717, 1.165) is 61.7 Å². The minimum absolute atomic E-state index is 0.00111. The van der Waals surface area contributed by atoms with Crippen LogP contribution in [0.4, 0.5) is 20.6 Å². The molecule has 2 aromatic carbocycles. The molecular formula is C69H81FN6O17. The molecule has 2 aromatic heterocycles. The fourth-order valence-corrected chi connectivity index (χ4v) is 18.0. The largest absolute Gasteiger partial charge is 0.492 e. The van der Waals surface area contributed by atoms with Crippen LogP contribution in [0.15, 0.2) is 69.4 Å². The van der Waals surface area contributed by atoms with Crippen molar-refractivity contribution in [1.82, 2.24) is 18.9 Å². The van der Waals surface area contributed by atoms with Gasteiger partial charge in [-0.05, 0) is 146 Å². The molecule has 1 amide bonds. The Morgan fingerprint density at radius 2 is 1.44 bits per heavy atom. The van der Waals surface area contributed by atoms with Crippen LogP contribution in [0.1, 0.15) is 137 Å². The Kier molecular flexibility index (Phi) is 15.7. The molecule has 0 spiro atoms. The highest BCUT2D eigenvalue weighted by molar-refractivity contribution is 6.02. The first-order valence-electron chi connectivity index (χ1n) is 32.8. The van der Waals surface area contributed by atoms with Gasteiger partial charge >= 0.3 is 24.5 Å². The van der Waals surface area contributed by atoms with Crippen molar-refractivity contribution in [2.24, 2.45) is 34.5 Å². The second kappa shape index (κ2) is 23.3. The van der Waals surface area contributed by atoms with Crippen molar-refractivity contribution in [2.45, 2.75) is 148 Å². The molecule has 24 heteroatoms. The normalized spacial score (nSPS) is 30.7. The van der Waals surface area contributed by atoms with Crippen LogP contribution in [0.5, 0.6) is 11.5 Å². The number of carbonyl (C=O) groups is 5. The van der Waals surface area contributed by atoms with E-state index in [1.807, 2.05) is 31.4 Å². The summed E-state index contributed by atoms with van der Waals surface area (Å²) in [5.74, 6) is -2.03. The highest BCUT2D eigenvalue weighted by Gasteiger charge is 2.68. The van der Waals surface area contributed by atoms with Crippen LogP contribution in [-0.4, -0.2) is 168 Å². The molecule has 4 aromatic rings. The molecule has 6 aliphatic carbocycles. The lowest BCUT2D eigenvalue weighted by Gasteiger charge is -2.59. The standard InChI is InChI=1S/C69H81FN6O17/c1-35-23-44-56(61(87-6)55(35)73-28-38-9-8-20-71(50(38)31-73)32-52-37(3)92-66(85)93-52)75(40-11-12-40)30-47(59(44)80)64(83)90-34-91-65(84)74-22-21-72(27-36(74)2)58-49(70)25-45-57(62(58)88-7)76(41-13-14-41)29-46(60(45)81)63(82)89-33-53(79)69(86)19-17-48-43-15-10-39-24-42(77)16-18-67(39,4)54(43)51(78)26-68(48,69)5/h16,18,23-25,29-30,36,38,40-41,43,48,50-51,54,66,78,85-86H,8-15,17,19-22,26-28,31-34H2,1-7H3/t36?,38?,43-,48-,50?,51-,54+,66?,67-,68-,69-/m0/s1. The molecule has 0 bridgehead atoms. The van der Waals surface area contributed by atoms with Crippen molar-refractivity contribution in [3.8, 4) is 11.5 Å². The van der Waals surface area contributed by atoms with Crippen molar-refractivity contribution in [1.29, 1.82) is 0 Å². The van der Waals surface area contributed by atoms with Crippen LogP contribution in [0.2, 0.25) is 0 Å². The highest BCUT2D eigenvalue weighted by Crippen LogP contribution is 2.67. The van der Waals surface area contributed by atoms with Gasteiger partial charge in [-0.3, -0.25) is 24.1 Å². The van der Waals surface area contributed by atoms with Crippen LogP contribution in [0.25, 0.3) is 21.8 Å². The Balaban J connectivity index is 0.630. The number of methoxy groups -OCH3 is 2. The average molecular weight is 1290 g/mol. The maximum Gasteiger partial charge on any atom is 0.413 e. The minimum atomic E-state index is -1.94. The number of hydrogen-bond acceptors (Lipinski definition) is 20.